The number of hydrogen-bond acceptors (Lipinski definition) is 2. The molecule has 96 valence electrons. The zero-order valence-corrected chi connectivity index (χ0v) is 11.5. The maximum absolute atomic E-state index is 5.20. The van der Waals surface area contributed by atoms with Crippen LogP contribution in [-0.2, 0) is 0 Å². The van der Waals surface area contributed by atoms with Gasteiger partial charge in [-0.2, -0.15) is 0 Å². The molecule has 2 heteroatoms. The van der Waals surface area contributed by atoms with Crippen molar-refractivity contribution in [1.29, 1.82) is 0 Å². The molecule has 0 aromatic heterocycles. The monoisotopic (exact) mass is 235 g/mol. The number of benzene rings is 1. The molecule has 1 N–H and O–H groups in total. The van der Waals surface area contributed by atoms with Gasteiger partial charge in [-0.25, -0.2) is 0 Å². The fourth-order valence-corrected chi connectivity index (χ4v) is 2.46. The highest BCUT2D eigenvalue weighted by molar-refractivity contribution is 5.30. The summed E-state index contributed by atoms with van der Waals surface area (Å²) < 4.78 is 5.20. The Morgan fingerprint density at radius 2 is 1.82 bits per heavy atom. The van der Waals surface area contributed by atoms with Gasteiger partial charge in [0.1, 0.15) is 5.75 Å². The fraction of sp³-hybridized carbons (Fsp3) is 0.600. The van der Waals surface area contributed by atoms with Gasteiger partial charge >= 0.3 is 0 Å². The second-order valence-corrected chi connectivity index (χ2v) is 4.47. The molecule has 0 aliphatic carbocycles. The van der Waals surface area contributed by atoms with Crippen LogP contribution in [0.2, 0.25) is 0 Å². The molecule has 0 spiro atoms. The van der Waals surface area contributed by atoms with Crippen molar-refractivity contribution < 1.29 is 4.74 Å². The predicted molar refractivity (Wildman–Crippen MR) is 73.8 cm³/mol. The Kier molecular flexibility index (Phi) is 6.06. The highest BCUT2D eigenvalue weighted by atomic mass is 16.5. The molecule has 0 amide bonds. The number of nitrogens with one attached hydrogen (secondary N) is 1. The third kappa shape index (κ3) is 3.74. The summed E-state index contributed by atoms with van der Waals surface area (Å²) in [6.45, 7) is 4.50. The topological polar surface area (TPSA) is 21.3 Å². The summed E-state index contributed by atoms with van der Waals surface area (Å²) in [5.41, 5.74) is 1.40. The molecule has 0 heterocycles. The summed E-state index contributed by atoms with van der Waals surface area (Å²) in [4.78, 5) is 0. The summed E-state index contributed by atoms with van der Waals surface area (Å²) in [5.74, 6) is 1.52. The largest absolute Gasteiger partial charge is 0.497 e. The summed E-state index contributed by atoms with van der Waals surface area (Å²) in [6, 6.07) is 9.05. The van der Waals surface area contributed by atoms with Gasteiger partial charge in [0.15, 0.2) is 0 Å². The van der Waals surface area contributed by atoms with Crippen LogP contribution < -0.4 is 10.1 Å². The van der Waals surface area contributed by atoms with E-state index in [4.69, 9.17) is 4.74 Å². The molecule has 1 aromatic rings. The van der Waals surface area contributed by atoms with E-state index in [1.54, 1.807) is 7.11 Å². The Hall–Kier alpha value is -1.02. The molecule has 2 atom stereocenters. The third-order valence-corrected chi connectivity index (χ3v) is 3.44. The van der Waals surface area contributed by atoms with E-state index in [0.717, 1.165) is 12.2 Å². The quantitative estimate of drug-likeness (QED) is 0.780. The van der Waals surface area contributed by atoms with Gasteiger partial charge in [0.05, 0.1) is 7.11 Å². The Morgan fingerprint density at radius 1 is 1.18 bits per heavy atom. The smallest absolute Gasteiger partial charge is 0.118 e. The zero-order chi connectivity index (χ0) is 12.7. The van der Waals surface area contributed by atoms with E-state index in [9.17, 15) is 0 Å². The van der Waals surface area contributed by atoms with Crippen LogP contribution in [0.3, 0.4) is 0 Å². The molecule has 2 unspecified atom stereocenters. The molecular formula is C15H25NO. The Bertz CT molecular complexity index is 307. The van der Waals surface area contributed by atoms with E-state index in [1.807, 2.05) is 0 Å². The molecule has 1 aromatic carbocycles. The van der Waals surface area contributed by atoms with Gasteiger partial charge in [-0.3, -0.25) is 0 Å². The number of likely N-dealkylation sites (N-methyl/N-ethyl adjacent to an activating group) is 1. The first-order valence-corrected chi connectivity index (χ1v) is 6.58. The molecule has 0 aliphatic rings. The summed E-state index contributed by atoms with van der Waals surface area (Å²) in [5, 5.41) is 3.45. The van der Waals surface area contributed by atoms with E-state index in [2.05, 4.69) is 50.5 Å². The molecule has 0 bridgehead atoms. The molecule has 1 rings (SSSR count). The van der Waals surface area contributed by atoms with Crippen molar-refractivity contribution in [1.82, 2.24) is 5.32 Å². The first kappa shape index (κ1) is 14.0. The van der Waals surface area contributed by atoms with E-state index in [1.165, 1.54) is 18.4 Å². The third-order valence-electron chi connectivity index (χ3n) is 3.44. The highest BCUT2D eigenvalue weighted by Crippen LogP contribution is 2.27. The minimum Gasteiger partial charge on any atom is -0.497 e. The number of rotatable bonds is 7. The first-order chi connectivity index (χ1) is 8.26. The van der Waals surface area contributed by atoms with Gasteiger partial charge in [-0.05, 0) is 43.5 Å². The number of ether oxygens (including phenoxy) is 1. The average Bonchev–Trinajstić information content (AvgIpc) is 2.39. The number of hydrogen-bond donors (Lipinski definition) is 1. The zero-order valence-electron chi connectivity index (χ0n) is 11.5. The van der Waals surface area contributed by atoms with E-state index >= 15 is 0 Å². The van der Waals surface area contributed by atoms with Gasteiger partial charge in [-0.1, -0.05) is 32.4 Å². The summed E-state index contributed by atoms with van der Waals surface area (Å²) >= 11 is 0. The van der Waals surface area contributed by atoms with Crippen molar-refractivity contribution in [3.8, 4) is 5.75 Å². The lowest BCUT2D eigenvalue weighted by Crippen LogP contribution is -2.31. The Morgan fingerprint density at radius 3 is 2.24 bits per heavy atom. The molecule has 0 aliphatic heterocycles. The van der Waals surface area contributed by atoms with Gasteiger partial charge in [0.25, 0.3) is 0 Å². The first-order valence-electron chi connectivity index (χ1n) is 6.58. The van der Waals surface area contributed by atoms with E-state index in [0.29, 0.717) is 12.0 Å². The molecule has 0 saturated heterocycles. The van der Waals surface area contributed by atoms with Crippen molar-refractivity contribution in [3.63, 3.8) is 0 Å². The summed E-state index contributed by atoms with van der Waals surface area (Å²) in [6.07, 6.45) is 3.61. The van der Waals surface area contributed by atoms with Crippen LogP contribution in [0, 0.1) is 0 Å². The van der Waals surface area contributed by atoms with Crippen LogP contribution in [0.4, 0.5) is 0 Å². The van der Waals surface area contributed by atoms with Crippen molar-refractivity contribution in [2.45, 2.75) is 45.1 Å². The number of methoxy groups -OCH3 is 1. The molecular weight excluding hydrogens is 210 g/mol. The van der Waals surface area contributed by atoms with Gasteiger partial charge in [0, 0.05) is 6.04 Å². The maximum atomic E-state index is 5.20. The van der Waals surface area contributed by atoms with Gasteiger partial charge in [0.2, 0.25) is 0 Å². The van der Waals surface area contributed by atoms with Crippen LogP contribution in [0.15, 0.2) is 24.3 Å². The van der Waals surface area contributed by atoms with Gasteiger partial charge < -0.3 is 10.1 Å². The average molecular weight is 235 g/mol. The Labute approximate surface area is 105 Å². The maximum Gasteiger partial charge on any atom is 0.118 e. The van der Waals surface area contributed by atoms with Crippen LogP contribution in [0.1, 0.15) is 44.6 Å². The molecule has 17 heavy (non-hydrogen) atoms. The standard InChI is InChI=1S/C15H25NO/c1-5-7-15(16-3)14(6-2)12-8-10-13(17-4)11-9-12/h8-11,14-16H,5-7H2,1-4H3. The minimum absolute atomic E-state index is 0.568. The second kappa shape index (κ2) is 7.33. The molecule has 2 nitrogen and oxygen atoms in total. The van der Waals surface area contributed by atoms with Crippen LogP contribution in [-0.4, -0.2) is 20.2 Å². The minimum atomic E-state index is 0.568. The molecule has 0 radical (unpaired) electrons. The van der Waals surface area contributed by atoms with E-state index in [-0.39, 0.29) is 0 Å². The normalized spacial score (nSPS) is 14.4. The predicted octanol–water partition coefficient (Wildman–Crippen LogP) is 3.58. The van der Waals surface area contributed by atoms with Crippen LogP contribution in [0.25, 0.3) is 0 Å². The Balaban J connectivity index is 2.83. The van der Waals surface area contributed by atoms with Crippen LogP contribution >= 0.6 is 0 Å². The lowest BCUT2D eigenvalue weighted by Gasteiger charge is -2.26. The lowest BCUT2D eigenvalue weighted by atomic mass is 9.87. The SMILES string of the molecule is CCCC(NC)C(CC)c1ccc(OC)cc1. The molecule has 0 fully saturated rings. The summed E-state index contributed by atoms with van der Waals surface area (Å²) in [7, 11) is 3.77. The van der Waals surface area contributed by atoms with Crippen molar-refractivity contribution >= 4 is 0 Å². The highest BCUT2D eigenvalue weighted by Gasteiger charge is 2.19. The van der Waals surface area contributed by atoms with Crippen LogP contribution in [0.5, 0.6) is 5.75 Å². The fourth-order valence-electron chi connectivity index (χ4n) is 2.46. The van der Waals surface area contributed by atoms with Crippen molar-refractivity contribution in [2.24, 2.45) is 0 Å². The van der Waals surface area contributed by atoms with Crippen molar-refractivity contribution in [2.75, 3.05) is 14.2 Å². The van der Waals surface area contributed by atoms with Crippen molar-refractivity contribution in [3.05, 3.63) is 29.8 Å². The van der Waals surface area contributed by atoms with E-state index < -0.39 is 0 Å². The second-order valence-electron chi connectivity index (χ2n) is 4.47. The molecule has 0 saturated carbocycles. The lowest BCUT2D eigenvalue weighted by molar-refractivity contribution is 0.410. The van der Waals surface area contributed by atoms with Gasteiger partial charge in [-0.15, -0.1) is 0 Å².